The molecular weight excluding hydrogens is 441 g/mol. The van der Waals surface area contributed by atoms with Crippen molar-refractivity contribution in [1.82, 2.24) is 15.9 Å². The topological polar surface area (TPSA) is 126 Å². The zero-order valence-corrected chi connectivity index (χ0v) is 19.7. The smallest absolute Gasteiger partial charge is 0.229 e. The first-order valence-corrected chi connectivity index (χ1v) is 11.4. The van der Waals surface area contributed by atoms with Gasteiger partial charge in [-0.05, 0) is 0 Å². The molecule has 0 heterocycles. The fourth-order valence-corrected chi connectivity index (χ4v) is 2.16. The number of amides is 2. The van der Waals surface area contributed by atoms with Gasteiger partial charge in [0.25, 0.3) is 0 Å². The summed E-state index contributed by atoms with van der Waals surface area (Å²) in [6.45, 7) is 6.88. The predicted octanol–water partition coefficient (Wildman–Crippen LogP) is -1.69. The minimum absolute atomic E-state index is 0.0838. The Balaban J connectivity index is 3.16. The van der Waals surface area contributed by atoms with Crippen molar-refractivity contribution in [2.24, 2.45) is 0 Å². The summed E-state index contributed by atoms with van der Waals surface area (Å²) in [6, 6.07) is 0. The Labute approximate surface area is 197 Å². The second-order valence-electron chi connectivity index (χ2n) is 6.24. The highest BCUT2D eigenvalue weighted by molar-refractivity contribution is 7.81. The molecule has 11 nitrogen and oxygen atoms in total. The molecule has 0 aromatic heterocycles. The maximum atomic E-state index is 11.6. The van der Waals surface area contributed by atoms with Crippen LogP contribution in [0.2, 0.25) is 0 Å². The standard InChI is InChI=1S/C19H38BN3O8S/c20-23-4-8-29-11-10-27-6-2-21-18(24)1-5-26-9-13-30-15-16-31-14-12-28-7-3-22-19(25)17-32/h23,32H,1-17H2,(H,21,24)(H,22,25). The van der Waals surface area contributed by atoms with Crippen LogP contribution in [0.4, 0.5) is 0 Å². The highest BCUT2D eigenvalue weighted by atomic mass is 32.1. The number of nitrogens with one attached hydrogen (secondary N) is 3. The predicted molar refractivity (Wildman–Crippen MR) is 123 cm³/mol. The van der Waals surface area contributed by atoms with Gasteiger partial charge in [-0.1, -0.05) is 0 Å². The minimum atomic E-state index is -0.117. The molecule has 0 unspecified atom stereocenters. The fourth-order valence-electron chi connectivity index (χ4n) is 2.05. The number of carbonyl (C=O) groups excluding carboxylic acids is 2. The third kappa shape index (κ3) is 25.3. The molecule has 186 valence electrons. The van der Waals surface area contributed by atoms with Gasteiger partial charge in [0.15, 0.2) is 7.98 Å². The Morgan fingerprint density at radius 3 is 1.38 bits per heavy atom. The lowest BCUT2D eigenvalue weighted by Crippen LogP contribution is -2.28. The fraction of sp³-hybridized carbons (Fsp3) is 0.895. The van der Waals surface area contributed by atoms with Crippen LogP contribution in [-0.2, 0) is 38.0 Å². The van der Waals surface area contributed by atoms with Gasteiger partial charge in [-0.15, -0.1) is 0 Å². The Hall–Kier alpha value is -0.925. The molecule has 0 saturated carbocycles. The van der Waals surface area contributed by atoms with Crippen LogP contribution in [0.15, 0.2) is 0 Å². The van der Waals surface area contributed by atoms with E-state index in [9.17, 15) is 9.59 Å². The molecule has 0 rings (SSSR count). The quantitative estimate of drug-likeness (QED) is 0.0690. The van der Waals surface area contributed by atoms with Crippen LogP contribution in [-0.4, -0.2) is 124 Å². The van der Waals surface area contributed by atoms with Gasteiger partial charge >= 0.3 is 0 Å². The second kappa shape index (κ2) is 26.3. The summed E-state index contributed by atoms with van der Waals surface area (Å²) < 4.78 is 32.0. The molecule has 2 amide bonds. The summed E-state index contributed by atoms with van der Waals surface area (Å²) in [5.41, 5.74) is 0. The Bertz CT molecular complexity index is 441. The lowest BCUT2D eigenvalue weighted by atomic mass is 10.4. The van der Waals surface area contributed by atoms with E-state index in [2.05, 4.69) is 28.5 Å². The van der Waals surface area contributed by atoms with E-state index in [1.807, 2.05) is 0 Å². The van der Waals surface area contributed by atoms with Crippen molar-refractivity contribution in [3.8, 4) is 0 Å². The first-order valence-electron chi connectivity index (χ1n) is 10.7. The van der Waals surface area contributed by atoms with Crippen LogP contribution < -0.4 is 15.9 Å². The van der Waals surface area contributed by atoms with Crippen molar-refractivity contribution in [2.45, 2.75) is 6.42 Å². The molecule has 2 radical (unpaired) electrons. The van der Waals surface area contributed by atoms with Crippen LogP contribution in [0, 0.1) is 0 Å². The molecule has 3 N–H and O–H groups in total. The summed E-state index contributed by atoms with van der Waals surface area (Å²) in [4.78, 5) is 22.6. The highest BCUT2D eigenvalue weighted by Gasteiger charge is 2.01. The molecule has 0 bridgehead atoms. The van der Waals surface area contributed by atoms with Gasteiger partial charge < -0.3 is 44.3 Å². The van der Waals surface area contributed by atoms with E-state index in [1.165, 1.54) is 0 Å². The molecule has 0 aromatic rings. The minimum Gasteiger partial charge on any atom is -0.379 e. The van der Waals surface area contributed by atoms with Crippen LogP contribution in [0.5, 0.6) is 0 Å². The second-order valence-corrected chi connectivity index (χ2v) is 6.55. The number of rotatable bonds is 25. The van der Waals surface area contributed by atoms with Gasteiger partial charge in [-0.2, -0.15) is 12.6 Å². The van der Waals surface area contributed by atoms with Crippen molar-refractivity contribution < 1.29 is 38.0 Å². The first kappa shape index (κ1) is 31.1. The average molecular weight is 479 g/mol. The van der Waals surface area contributed by atoms with Gasteiger partial charge in [0.1, 0.15) is 0 Å². The van der Waals surface area contributed by atoms with E-state index in [0.717, 1.165) is 0 Å². The van der Waals surface area contributed by atoms with Crippen molar-refractivity contribution in [2.75, 3.05) is 105 Å². The number of carbonyl (C=O) groups is 2. The zero-order chi connectivity index (χ0) is 23.5. The monoisotopic (exact) mass is 479 g/mol. The van der Waals surface area contributed by atoms with E-state index >= 15 is 0 Å². The van der Waals surface area contributed by atoms with Crippen LogP contribution in [0.1, 0.15) is 6.42 Å². The molecule has 32 heavy (non-hydrogen) atoms. The Kier molecular flexibility index (Phi) is 25.6. The van der Waals surface area contributed by atoms with E-state index in [-0.39, 0.29) is 24.0 Å². The summed E-state index contributed by atoms with van der Waals surface area (Å²) in [5, 5.41) is 7.90. The van der Waals surface area contributed by atoms with Gasteiger partial charge in [0.05, 0.1) is 85.0 Å². The molecule has 0 spiro atoms. The molecule has 0 fully saturated rings. The van der Waals surface area contributed by atoms with Crippen LogP contribution >= 0.6 is 12.6 Å². The lowest BCUT2D eigenvalue weighted by molar-refractivity contribution is -0.122. The summed E-state index contributed by atoms with van der Waals surface area (Å²) in [6.07, 6.45) is 0.288. The molecule has 0 aliphatic carbocycles. The molecule has 0 saturated heterocycles. The third-order valence-electron chi connectivity index (χ3n) is 3.63. The molecular formula is C19H38BN3O8S. The Morgan fingerprint density at radius 2 is 0.938 bits per heavy atom. The lowest BCUT2D eigenvalue weighted by Gasteiger charge is -2.08. The average Bonchev–Trinajstić information content (AvgIpc) is 2.80. The molecule has 0 atom stereocenters. The van der Waals surface area contributed by atoms with Crippen LogP contribution in [0.3, 0.4) is 0 Å². The summed E-state index contributed by atoms with van der Waals surface area (Å²) in [5.74, 6) is -0.0282. The van der Waals surface area contributed by atoms with E-state index in [1.54, 1.807) is 0 Å². The maximum Gasteiger partial charge on any atom is 0.229 e. The first-order chi connectivity index (χ1) is 15.7. The number of hydrogen-bond acceptors (Lipinski definition) is 10. The summed E-state index contributed by atoms with van der Waals surface area (Å²) in [7, 11) is 5.11. The van der Waals surface area contributed by atoms with Crippen molar-refractivity contribution in [3.05, 3.63) is 0 Å². The number of hydrogen-bond donors (Lipinski definition) is 4. The zero-order valence-electron chi connectivity index (χ0n) is 18.8. The number of ether oxygens (including phenoxy) is 6. The molecule has 0 aromatic carbocycles. The van der Waals surface area contributed by atoms with E-state index < -0.39 is 0 Å². The van der Waals surface area contributed by atoms with Crippen molar-refractivity contribution in [3.63, 3.8) is 0 Å². The largest absolute Gasteiger partial charge is 0.379 e. The van der Waals surface area contributed by atoms with Gasteiger partial charge in [0.2, 0.25) is 11.8 Å². The molecule has 0 aliphatic rings. The van der Waals surface area contributed by atoms with E-state index in [4.69, 9.17) is 36.4 Å². The molecule has 0 aliphatic heterocycles. The van der Waals surface area contributed by atoms with Gasteiger partial charge in [0, 0.05) is 26.1 Å². The summed E-state index contributed by atoms with van der Waals surface area (Å²) >= 11 is 3.86. The highest BCUT2D eigenvalue weighted by Crippen LogP contribution is 1.86. The molecule has 13 heteroatoms. The maximum absolute atomic E-state index is 11.6. The number of thiol groups is 1. The normalized spacial score (nSPS) is 10.9. The van der Waals surface area contributed by atoms with Gasteiger partial charge in [-0.25, -0.2) is 0 Å². The van der Waals surface area contributed by atoms with E-state index in [0.29, 0.717) is 98.9 Å². The SMILES string of the molecule is [B]NCCOCCOCCNC(=O)CCOCCOCCOCCOCCNC(=O)CS. The van der Waals surface area contributed by atoms with Crippen LogP contribution in [0.25, 0.3) is 0 Å². The van der Waals surface area contributed by atoms with Crippen molar-refractivity contribution in [1.29, 1.82) is 0 Å². The Morgan fingerprint density at radius 1 is 0.562 bits per heavy atom. The van der Waals surface area contributed by atoms with Crippen molar-refractivity contribution >= 4 is 32.4 Å². The van der Waals surface area contributed by atoms with Gasteiger partial charge in [-0.3, -0.25) is 9.59 Å². The third-order valence-corrected chi connectivity index (χ3v) is 3.92.